The first-order valence-corrected chi connectivity index (χ1v) is 5.59. The van der Waals surface area contributed by atoms with Crippen LogP contribution in [0, 0.1) is 17.0 Å². The molecule has 0 aliphatic carbocycles. The Balaban J connectivity index is 2.69. The van der Waals surface area contributed by atoms with Gasteiger partial charge in [-0.25, -0.2) is 8.78 Å². The monoisotopic (exact) mass is 243 g/mol. The molecule has 0 amide bonds. The quantitative estimate of drug-likeness (QED) is 0.877. The smallest absolute Gasteiger partial charge is 0.165 e. The lowest BCUT2D eigenvalue weighted by molar-refractivity contribution is 0.176. The third-order valence-electron chi connectivity index (χ3n) is 2.69. The molecule has 1 rings (SSSR count). The third-order valence-corrected chi connectivity index (χ3v) is 2.69. The zero-order valence-electron chi connectivity index (χ0n) is 10.7. The maximum absolute atomic E-state index is 13.3. The number of nitrogens with one attached hydrogen (secondary N) is 1. The molecular formula is C13H19F2NO. The summed E-state index contributed by atoms with van der Waals surface area (Å²) >= 11 is 0. The van der Waals surface area contributed by atoms with E-state index in [1.165, 1.54) is 0 Å². The topological polar surface area (TPSA) is 21.3 Å². The Morgan fingerprint density at radius 1 is 1.29 bits per heavy atom. The highest BCUT2D eigenvalue weighted by atomic mass is 19.1. The molecule has 2 nitrogen and oxygen atoms in total. The third kappa shape index (κ3) is 3.97. The summed E-state index contributed by atoms with van der Waals surface area (Å²) in [5.74, 6) is -1.09. The van der Waals surface area contributed by atoms with Gasteiger partial charge in [0.15, 0.2) is 11.6 Å². The lowest BCUT2D eigenvalue weighted by Crippen LogP contribution is -2.42. The fourth-order valence-corrected chi connectivity index (χ4v) is 1.53. The van der Waals surface area contributed by atoms with Crippen LogP contribution in [0.3, 0.4) is 0 Å². The van der Waals surface area contributed by atoms with Gasteiger partial charge in [-0.2, -0.15) is 0 Å². The summed E-state index contributed by atoms with van der Waals surface area (Å²) in [5, 5.41) is 3.11. The van der Waals surface area contributed by atoms with Gasteiger partial charge in [-0.05, 0) is 24.6 Å². The summed E-state index contributed by atoms with van der Waals surface area (Å²) in [4.78, 5) is 0. The summed E-state index contributed by atoms with van der Waals surface area (Å²) in [6, 6.07) is 3.26. The standard InChI is InChI=1S/C13H19F2NO/c1-13(2,3)12(16-4)8-17-11-7-9(14)5-6-10(11)15/h5-7,12,16H,8H2,1-4H3. The SMILES string of the molecule is CNC(COc1cc(F)ccc1F)C(C)(C)C. The first kappa shape index (κ1) is 13.9. The lowest BCUT2D eigenvalue weighted by atomic mass is 9.87. The van der Waals surface area contributed by atoms with Gasteiger partial charge in [0.2, 0.25) is 0 Å². The van der Waals surface area contributed by atoms with Crippen molar-refractivity contribution in [2.75, 3.05) is 13.7 Å². The van der Waals surface area contributed by atoms with Crippen LogP contribution in [-0.2, 0) is 0 Å². The summed E-state index contributed by atoms with van der Waals surface area (Å²) < 4.78 is 31.6. The van der Waals surface area contributed by atoms with Crippen LogP contribution in [0.5, 0.6) is 5.75 Å². The van der Waals surface area contributed by atoms with Crippen molar-refractivity contribution in [2.24, 2.45) is 5.41 Å². The summed E-state index contributed by atoms with van der Waals surface area (Å²) in [6.07, 6.45) is 0. The molecule has 0 spiro atoms. The van der Waals surface area contributed by atoms with E-state index in [1.807, 2.05) is 7.05 Å². The molecule has 0 heterocycles. The molecule has 4 heteroatoms. The Bertz CT molecular complexity index is 374. The van der Waals surface area contributed by atoms with Crippen LogP contribution < -0.4 is 10.1 Å². The molecule has 1 N–H and O–H groups in total. The highest BCUT2D eigenvalue weighted by Gasteiger charge is 2.23. The molecule has 0 bridgehead atoms. The van der Waals surface area contributed by atoms with Gasteiger partial charge in [0.05, 0.1) is 0 Å². The van der Waals surface area contributed by atoms with E-state index in [4.69, 9.17) is 4.74 Å². The summed E-state index contributed by atoms with van der Waals surface area (Å²) in [6.45, 7) is 6.46. The maximum atomic E-state index is 13.3. The Labute approximate surface area is 101 Å². The van der Waals surface area contributed by atoms with E-state index in [9.17, 15) is 8.78 Å². The van der Waals surface area contributed by atoms with Crippen LogP contribution in [0.1, 0.15) is 20.8 Å². The van der Waals surface area contributed by atoms with Crippen LogP contribution in [0.25, 0.3) is 0 Å². The molecule has 0 saturated carbocycles. The maximum Gasteiger partial charge on any atom is 0.165 e. The summed E-state index contributed by atoms with van der Waals surface area (Å²) in [5.41, 5.74) is -0.0153. The molecular weight excluding hydrogens is 224 g/mol. The van der Waals surface area contributed by atoms with E-state index in [1.54, 1.807) is 0 Å². The van der Waals surface area contributed by atoms with Crippen molar-refractivity contribution in [3.05, 3.63) is 29.8 Å². The molecule has 0 fully saturated rings. The predicted octanol–water partition coefficient (Wildman–Crippen LogP) is 2.98. The van der Waals surface area contributed by atoms with Gasteiger partial charge >= 0.3 is 0 Å². The molecule has 1 aromatic carbocycles. The van der Waals surface area contributed by atoms with Crippen molar-refractivity contribution >= 4 is 0 Å². The fraction of sp³-hybridized carbons (Fsp3) is 0.538. The first-order chi connectivity index (χ1) is 7.84. The molecule has 96 valence electrons. The van der Waals surface area contributed by atoms with Crippen LogP contribution in [-0.4, -0.2) is 19.7 Å². The second-order valence-corrected chi connectivity index (χ2v) is 5.09. The van der Waals surface area contributed by atoms with E-state index in [-0.39, 0.29) is 17.2 Å². The van der Waals surface area contributed by atoms with Crippen molar-refractivity contribution < 1.29 is 13.5 Å². The normalized spacial score (nSPS) is 13.5. The van der Waals surface area contributed by atoms with E-state index in [2.05, 4.69) is 26.1 Å². The molecule has 0 aromatic heterocycles. The Morgan fingerprint density at radius 3 is 2.47 bits per heavy atom. The zero-order valence-corrected chi connectivity index (χ0v) is 10.7. The van der Waals surface area contributed by atoms with E-state index in [0.717, 1.165) is 18.2 Å². The van der Waals surface area contributed by atoms with Gasteiger partial charge in [0.1, 0.15) is 12.4 Å². The van der Waals surface area contributed by atoms with Gasteiger partial charge < -0.3 is 10.1 Å². The molecule has 0 aliphatic heterocycles. The van der Waals surface area contributed by atoms with E-state index in [0.29, 0.717) is 6.61 Å². The van der Waals surface area contributed by atoms with Gasteiger partial charge in [-0.3, -0.25) is 0 Å². The molecule has 17 heavy (non-hydrogen) atoms. The number of likely N-dealkylation sites (N-methyl/N-ethyl adjacent to an activating group) is 1. The zero-order chi connectivity index (χ0) is 13.1. The number of ether oxygens (including phenoxy) is 1. The molecule has 0 radical (unpaired) electrons. The minimum atomic E-state index is -0.546. The lowest BCUT2D eigenvalue weighted by Gasteiger charge is -2.30. The largest absolute Gasteiger partial charge is 0.489 e. The Morgan fingerprint density at radius 2 is 1.94 bits per heavy atom. The predicted molar refractivity (Wildman–Crippen MR) is 64.2 cm³/mol. The van der Waals surface area contributed by atoms with Crippen molar-refractivity contribution in [3.8, 4) is 5.75 Å². The van der Waals surface area contributed by atoms with Crippen LogP contribution in [0.15, 0.2) is 18.2 Å². The van der Waals surface area contributed by atoms with Crippen molar-refractivity contribution in [1.29, 1.82) is 0 Å². The Kier molecular flexibility index (Phi) is 4.46. The molecule has 1 aromatic rings. The van der Waals surface area contributed by atoms with Crippen molar-refractivity contribution in [3.63, 3.8) is 0 Å². The van der Waals surface area contributed by atoms with Gasteiger partial charge in [0, 0.05) is 12.1 Å². The van der Waals surface area contributed by atoms with Crippen LogP contribution in [0.4, 0.5) is 8.78 Å². The average molecular weight is 243 g/mol. The molecule has 1 unspecified atom stereocenters. The minimum Gasteiger partial charge on any atom is -0.489 e. The summed E-state index contributed by atoms with van der Waals surface area (Å²) in [7, 11) is 1.82. The van der Waals surface area contributed by atoms with E-state index >= 15 is 0 Å². The average Bonchev–Trinajstić information content (AvgIpc) is 2.22. The first-order valence-electron chi connectivity index (χ1n) is 5.59. The van der Waals surface area contributed by atoms with Crippen molar-refractivity contribution in [1.82, 2.24) is 5.32 Å². The fourth-order valence-electron chi connectivity index (χ4n) is 1.53. The van der Waals surface area contributed by atoms with Gasteiger partial charge in [0.25, 0.3) is 0 Å². The highest BCUT2D eigenvalue weighted by molar-refractivity contribution is 5.24. The number of benzene rings is 1. The number of rotatable bonds is 4. The van der Waals surface area contributed by atoms with Gasteiger partial charge in [-0.15, -0.1) is 0 Å². The Hall–Kier alpha value is -1.16. The number of halogens is 2. The molecule has 0 saturated heterocycles. The van der Waals surface area contributed by atoms with E-state index < -0.39 is 11.6 Å². The van der Waals surface area contributed by atoms with Crippen molar-refractivity contribution in [2.45, 2.75) is 26.8 Å². The number of hydrogen-bond acceptors (Lipinski definition) is 2. The minimum absolute atomic E-state index is 0.0153. The molecule has 0 aliphatic rings. The highest BCUT2D eigenvalue weighted by Crippen LogP contribution is 2.22. The number of hydrogen-bond donors (Lipinski definition) is 1. The van der Waals surface area contributed by atoms with Crippen LogP contribution >= 0.6 is 0 Å². The van der Waals surface area contributed by atoms with Gasteiger partial charge in [-0.1, -0.05) is 20.8 Å². The second kappa shape index (κ2) is 5.45. The second-order valence-electron chi connectivity index (χ2n) is 5.09. The van der Waals surface area contributed by atoms with Crippen LogP contribution in [0.2, 0.25) is 0 Å². The molecule has 1 atom stereocenters.